The van der Waals surface area contributed by atoms with Crippen LogP contribution in [-0.4, -0.2) is 56.0 Å². The van der Waals surface area contributed by atoms with Gasteiger partial charge >= 0.3 is 6.03 Å². The molecule has 19 heavy (non-hydrogen) atoms. The minimum Gasteiger partial charge on any atom is -0.375 e. The first-order valence-corrected chi connectivity index (χ1v) is 6.86. The zero-order valence-corrected chi connectivity index (χ0v) is 12.3. The summed E-state index contributed by atoms with van der Waals surface area (Å²) in [6, 6.07) is -0.0399. The topological polar surface area (TPSA) is 50.8 Å². The van der Waals surface area contributed by atoms with E-state index in [9.17, 15) is 4.79 Å². The molecule has 0 spiro atoms. The molecule has 1 heterocycles. The minimum absolute atomic E-state index is 0.0399. The molecule has 1 aliphatic heterocycles. The van der Waals surface area contributed by atoms with Crippen molar-refractivity contribution in [2.75, 3.05) is 39.5 Å². The zero-order chi connectivity index (χ0) is 14.3. The van der Waals surface area contributed by atoms with Crippen molar-refractivity contribution in [2.24, 2.45) is 0 Å². The number of carbonyl (C=O) groups is 1. The molecule has 110 valence electrons. The molecule has 1 aliphatic rings. The molecule has 1 fully saturated rings. The Balaban J connectivity index is 2.24. The van der Waals surface area contributed by atoms with Gasteiger partial charge in [-0.15, -0.1) is 0 Å². The number of hydrogen-bond donors (Lipinski definition) is 1. The van der Waals surface area contributed by atoms with Gasteiger partial charge in [0.15, 0.2) is 0 Å². The number of rotatable bonds is 6. The summed E-state index contributed by atoms with van der Waals surface area (Å²) in [5.74, 6) is 0. The number of nitrogens with zero attached hydrogens (tertiary/aromatic N) is 1. The normalized spacial score (nSPS) is 23.2. The average molecular weight is 270 g/mol. The molecule has 0 aromatic heterocycles. The van der Waals surface area contributed by atoms with Crippen molar-refractivity contribution in [1.82, 2.24) is 10.2 Å². The van der Waals surface area contributed by atoms with Crippen molar-refractivity contribution in [2.45, 2.75) is 32.8 Å². The van der Waals surface area contributed by atoms with E-state index in [4.69, 9.17) is 9.47 Å². The lowest BCUT2D eigenvalue weighted by molar-refractivity contribution is -0.0873. The Bertz CT molecular complexity index is 320. The second-order valence-electron chi connectivity index (χ2n) is 5.32. The van der Waals surface area contributed by atoms with E-state index in [0.29, 0.717) is 39.5 Å². The van der Waals surface area contributed by atoms with Gasteiger partial charge in [-0.05, 0) is 20.3 Å². The lowest BCUT2D eigenvalue weighted by Crippen LogP contribution is -2.54. The molecule has 1 rings (SSSR count). The van der Waals surface area contributed by atoms with Crippen molar-refractivity contribution in [3.8, 4) is 0 Å². The number of carbonyl (C=O) groups excluding carboxylic acids is 1. The third-order valence-corrected chi connectivity index (χ3v) is 3.24. The Morgan fingerprint density at radius 2 is 2.32 bits per heavy atom. The van der Waals surface area contributed by atoms with Crippen LogP contribution in [0.1, 0.15) is 27.2 Å². The summed E-state index contributed by atoms with van der Waals surface area (Å²) in [7, 11) is 0. The number of amides is 2. The van der Waals surface area contributed by atoms with Crippen LogP contribution in [0.25, 0.3) is 0 Å². The summed E-state index contributed by atoms with van der Waals surface area (Å²) in [6.45, 7) is 13.2. The van der Waals surface area contributed by atoms with Gasteiger partial charge in [0.25, 0.3) is 0 Å². The van der Waals surface area contributed by atoms with Crippen LogP contribution in [0.2, 0.25) is 0 Å². The SMILES string of the molecule is C=C(C)COCCNC(=O)N1CCO[C@@](C)(CC)C1. The molecule has 0 unspecified atom stereocenters. The molecule has 0 aromatic carbocycles. The van der Waals surface area contributed by atoms with Gasteiger partial charge in [-0.3, -0.25) is 0 Å². The molecule has 1 N–H and O–H groups in total. The number of urea groups is 1. The highest BCUT2D eigenvalue weighted by Crippen LogP contribution is 2.20. The predicted octanol–water partition coefficient (Wildman–Crippen LogP) is 1.79. The van der Waals surface area contributed by atoms with Gasteiger partial charge in [-0.25, -0.2) is 4.79 Å². The van der Waals surface area contributed by atoms with E-state index in [1.54, 1.807) is 0 Å². The summed E-state index contributed by atoms with van der Waals surface area (Å²) in [5.41, 5.74) is 0.768. The summed E-state index contributed by atoms with van der Waals surface area (Å²) in [6.07, 6.45) is 0.901. The van der Waals surface area contributed by atoms with Crippen LogP contribution in [-0.2, 0) is 9.47 Å². The van der Waals surface area contributed by atoms with Crippen molar-refractivity contribution in [3.63, 3.8) is 0 Å². The fourth-order valence-corrected chi connectivity index (χ4v) is 1.91. The summed E-state index contributed by atoms with van der Waals surface area (Å²) >= 11 is 0. The third-order valence-electron chi connectivity index (χ3n) is 3.24. The van der Waals surface area contributed by atoms with Crippen LogP contribution < -0.4 is 5.32 Å². The van der Waals surface area contributed by atoms with Gasteiger partial charge in [0.2, 0.25) is 0 Å². The first kappa shape index (κ1) is 16.0. The molecule has 0 bridgehead atoms. The molecule has 0 saturated carbocycles. The largest absolute Gasteiger partial charge is 0.375 e. The van der Waals surface area contributed by atoms with E-state index in [0.717, 1.165) is 12.0 Å². The van der Waals surface area contributed by atoms with Crippen LogP contribution in [0, 0.1) is 0 Å². The maximum atomic E-state index is 12.0. The van der Waals surface area contributed by atoms with Gasteiger partial charge in [-0.1, -0.05) is 19.1 Å². The first-order valence-electron chi connectivity index (χ1n) is 6.86. The highest BCUT2D eigenvalue weighted by Gasteiger charge is 2.32. The predicted molar refractivity (Wildman–Crippen MR) is 75.3 cm³/mol. The lowest BCUT2D eigenvalue weighted by Gasteiger charge is -2.39. The van der Waals surface area contributed by atoms with Crippen LogP contribution in [0.3, 0.4) is 0 Å². The van der Waals surface area contributed by atoms with Crippen LogP contribution in [0.5, 0.6) is 0 Å². The molecule has 5 heteroatoms. The van der Waals surface area contributed by atoms with E-state index in [-0.39, 0.29) is 11.6 Å². The minimum atomic E-state index is -0.216. The quantitative estimate of drug-likeness (QED) is 0.591. The molecular formula is C14H26N2O3. The zero-order valence-electron chi connectivity index (χ0n) is 12.3. The fourth-order valence-electron chi connectivity index (χ4n) is 1.91. The van der Waals surface area contributed by atoms with Crippen LogP contribution in [0.15, 0.2) is 12.2 Å². The first-order chi connectivity index (χ1) is 8.97. The number of hydrogen-bond acceptors (Lipinski definition) is 3. The van der Waals surface area contributed by atoms with Crippen molar-refractivity contribution in [1.29, 1.82) is 0 Å². The number of morpholine rings is 1. The Morgan fingerprint density at radius 1 is 1.58 bits per heavy atom. The molecular weight excluding hydrogens is 244 g/mol. The van der Waals surface area contributed by atoms with Gasteiger partial charge < -0.3 is 19.7 Å². The Hall–Kier alpha value is -1.07. The van der Waals surface area contributed by atoms with Crippen molar-refractivity contribution in [3.05, 3.63) is 12.2 Å². The van der Waals surface area contributed by atoms with Gasteiger partial charge in [0, 0.05) is 13.1 Å². The number of ether oxygens (including phenoxy) is 2. The fraction of sp³-hybridized carbons (Fsp3) is 0.786. The van der Waals surface area contributed by atoms with E-state index in [2.05, 4.69) is 18.8 Å². The molecule has 1 atom stereocenters. The lowest BCUT2D eigenvalue weighted by atomic mass is 10.0. The smallest absolute Gasteiger partial charge is 0.317 e. The Morgan fingerprint density at radius 3 is 2.95 bits per heavy atom. The van der Waals surface area contributed by atoms with E-state index < -0.39 is 0 Å². The maximum absolute atomic E-state index is 12.0. The van der Waals surface area contributed by atoms with Crippen LogP contribution >= 0.6 is 0 Å². The Labute approximate surface area is 115 Å². The van der Waals surface area contributed by atoms with Gasteiger partial charge in [-0.2, -0.15) is 0 Å². The molecule has 0 aromatic rings. The molecule has 2 amide bonds. The number of nitrogens with one attached hydrogen (secondary N) is 1. The summed E-state index contributed by atoms with van der Waals surface area (Å²) < 4.78 is 11.0. The summed E-state index contributed by atoms with van der Waals surface area (Å²) in [4.78, 5) is 13.8. The molecule has 5 nitrogen and oxygen atoms in total. The van der Waals surface area contributed by atoms with Crippen molar-refractivity contribution < 1.29 is 14.3 Å². The average Bonchev–Trinajstić information content (AvgIpc) is 2.38. The summed E-state index contributed by atoms with van der Waals surface area (Å²) in [5, 5.41) is 2.86. The monoisotopic (exact) mass is 270 g/mol. The van der Waals surface area contributed by atoms with Gasteiger partial charge in [0.1, 0.15) is 0 Å². The maximum Gasteiger partial charge on any atom is 0.317 e. The molecule has 0 radical (unpaired) electrons. The third kappa shape index (κ3) is 5.61. The van der Waals surface area contributed by atoms with Crippen LogP contribution in [0.4, 0.5) is 4.79 Å². The van der Waals surface area contributed by atoms with E-state index in [1.807, 2.05) is 18.7 Å². The molecule has 0 aliphatic carbocycles. The second kappa shape index (κ2) is 7.50. The van der Waals surface area contributed by atoms with Gasteiger partial charge in [0.05, 0.1) is 32.0 Å². The highest BCUT2D eigenvalue weighted by molar-refractivity contribution is 5.74. The molecule has 1 saturated heterocycles. The standard InChI is InChI=1S/C14H26N2O3/c1-5-14(4)11-16(7-9-19-14)13(17)15-6-8-18-10-12(2)3/h2,5-11H2,1,3-4H3,(H,15,17)/t14-/m0/s1. The Kier molecular flexibility index (Phi) is 6.31. The highest BCUT2D eigenvalue weighted by atomic mass is 16.5. The van der Waals surface area contributed by atoms with E-state index >= 15 is 0 Å². The second-order valence-corrected chi connectivity index (χ2v) is 5.32. The van der Waals surface area contributed by atoms with Crippen molar-refractivity contribution >= 4 is 6.03 Å². The van der Waals surface area contributed by atoms with E-state index in [1.165, 1.54) is 0 Å².